The summed E-state index contributed by atoms with van der Waals surface area (Å²) in [4.78, 5) is 25.5. The first-order valence-corrected chi connectivity index (χ1v) is 12.0. The van der Waals surface area contributed by atoms with Crippen LogP contribution in [0, 0.1) is 0 Å². The Labute approximate surface area is 178 Å². The minimum atomic E-state index is -3.51. The Morgan fingerprint density at radius 1 is 1.21 bits per heavy atom. The van der Waals surface area contributed by atoms with Crippen molar-refractivity contribution >= 4 is 49.3 Å². The van der Waals surface area contributed by atoms with Gasteiger partial charge >= 0.3 is 6.09 Å². The van der Waals surface area contributed by atoms with Crippen molar-refractivity contribution < 1.29 is 22.7 Å². The molecule has 158 valence electrons. The van der Waals surface area contributed by atoms with E-state index in [-0.39, 0.29) is 19.0 Å². The molecule has 28 heavy (non-hydrogen) atoms. The maximum Gasteiger partial charge on any atom is 0.407 e. The van der Waals surface area contributed by atoms with Crippen molar-refractivity contribution in [3.8, 4) is 0 Å². The molecule has 0 aromatic carbocycles. The summed E-state index contributed by atoms with van der Waals surface area (Å²) in [6, 6.07) is 3.29. The molecule has 8 nitrogen and oxygen atoms in total. The highest BCUT2D eigenvalue weighted by atomic mass is 79.9. The highest BCUT2D eigenvalue weighted by Crippen LogP contribution is 2.29. The van der Waals surface area contributed by atoms with Gasteiger partial charge in [0.05, 0.1) is 3.79 Å². The number of alkyl carbamates (subject to hydrolysis) is 1. The normalized spacial score (nSPS) is 16.1. The van der Waals surface area contributed by atoms with Gasteiger partial charge in [-0.3, -0.25) is 4.79 Å². The van der Waals surface area contributed by atoms with Gasteiger partial charge in [-0.1, -0.05) is 0 Å². The van der Waals surface area contributed by atoms with Gasteiger partial charge in [-0.25, -0.2) is 13.2 Å². The summed E-state index contributed by atoms with van der Waals surface area (Å²) in [7, 11) is -3.51. The maximum atomic E-state index is 12.6. The molecule has 0 saturated carbocycles. The number of amides is 2. The molecule has 0 bridgehead atoms. The van der Waals surface area contributed by atoms with Crippen LogP contribution < -0.4 is 5.32 Å². The van der Waals surface area contributed by atoms with Crippen LogP contribution in [0.3, 0.4) is 0 Å². The van der Waals surface area contributed by atoms with Gasteiger partial charge in [0.15, 0.2) is 0 Å². The number of nitrogens with zero attached hydrogens (tertiary/aromatic N) is 2. The number of piperazine rings is 1. The minimum absolute atomic E-state index is 0.0399. The third-order valence-corrected chi connectivity index (χ3v) is 7.96. The fourth-order valence-corrected chi connectivity index (χ4v) is 6.23. The molecule has 0 atom stereocenters. The smallest absolute Gasteiger partial charge is 0.407 e. The van der Waals surface area contributed by atoms with Crippen LogP contribution in [0.2, 0.25) is 0 Å². The van der Waals surface area contributed by atoms with E-state index < -0.39 is 21.7 Å². The zero-order chi connectivity index (χ0) is 20.9. The van der Waals surface area contributed by atoms with Crippen LogP contribution in [-0.2, 0) is 19.6 Å². The Kier molecular flexibility index (Phi) is 7.89. The molecule has 1 N–H and O–H groups in total. The minimum Gasteiger partial charge on any atom is -0.444 e. The second kappa shape index (κ2) is 9.55. The summed E-state index contributed by atoms with van der Waals surface area (Å²) < 4.78 is 32.8. The summed E-state index contributed by atoms with van der Waals surface area (Å²) in [5, 5.41) is 2.62. The SMILES string of the molecule is CC(C)(C)OC(=O)NCCCC(=O)N1CCN(S(=O)(=O)c2ccc(Br)s2)CC1. The van der Waals surface area contributed by atoms with Gasteiger partial charge in [0.25, 0.3) is 10.0 Å². The standard InChI is InChI=1S/C17H26BrN3O5S2/c1-17(2,3)26-16(23)19-8-4-5-14(22)20-9-11-21(12-10-20)28(24,25)15-7-6-13(18)27-15/h6-7H,4-5,8-12H2,1-3H3,(H,19,23). The summed E-state index contributed by atoms with van der Waals surface area (Å²) in [5.41, 5.74) is -0.556. The van der Waals surface area contributed by atoms with E-state index in [1.54, 1.807) is 37.8 Å². The predicted octanol–water partition coefficient (Wildman–Crippen LogP) is 2.65. The molecule has 1 aliphatic rings. The number of carbonyl (C=O) groups excluding carboxylic acids is 2. The Balaban J connectivity index is 1.73. The van der Waals surface area contributed by atoms with Gasteiger partial charge in [0, 0.05) is 39.1 Å². The van der Waals surface area contributed by atoms with Crippen molar-refractivity contribution in [3.63, 3.8) is 0 Å². The molecule has 0 spiro atoms. The lowest BCUT2D eigenvalue weighted by Crippen LogP contribution is -2.50. The fraction of sp³-hybridized carbons (Fsp3) is 0.647. The molecule has 2 amide bonds. The van der Waals surface area contributed by atoms with Gasteiger partial charge in [-0.05, 0) is 55.3 Å². The Morgan fingerprint density at radius 3 is 2.39 bits per heavy atom. The molecule has 1 fully saturated rings. The average Bonchev–Trinajstić information content (AvgIpc) is 3.04. The first-order valence-electron chi connectivity index (χ1n) is 8.99. The van der Waals surface area contributed by atoms with Crippen LogP contribution in [0.4, 0.5) is 4.79 Å². The van der Waals surface area contributed by atoms with Crippen molar-refractivity contribution in [2.45, 2.75) is 43.4 Å². The quantitative estimate of drug-likeness (QED) is 0.611. The first kappa shape index (κ1) is 23.1. The Hall–Kier alpha value is -1.17. The molecule has 0 unspecified atom stereocenters. The van der Waals surface area contributed by atoms with E-state index in [1.165, 1.54) is 15.6 Å². The third-order valence-electron chi connectivity index (χ3n) is 3.97. The maximum absolute atomic E-state index is 12.6. The molecule has 0 aliphatic carbocycles. The Bertz CT molecular complexity index is 796. The zero-order valence-corrected chi connectivity index (χ0v) is 19.5. The van der Waals surface area contributed by atoms with Crippen LogP contribution in [0.15, 0.2) is 20.1 Å². The Morgan fingerprint density at radius 2 is 1.86 bits per heavy atom. The summed E-state index contributed by atoms with van der Waals surface area (Å²) in [6.45, 7) is 6.99. The van der Waals surface area contributed by atoms with E-state index >= 15 is 0 Å². The van der Waals surface area contributed by atoms with Crippen LogP contribution in [0.5, 0.6) is 0 Å². The molecular weight excluding hydrogens is 470 g/mol. The zero-order valence-electron chi connectivity index (χ0n) is 16.2. The second-order valence-corrected chi connectivity index (χ2v) is 12.0. The van der Waals surface area contributed by atoms with Gasteiger partial charge < -0.3 is 15.0 Å². The molecule has 1 aliphatic heterocycles. The lowest BCUT2D eigenvalue weighted by atomic mass is 10.2. The average molecular weight is 496 g/mol. The molecule has 2 rings (SSSR count). The lowest BCUT2D eigenvalue weighted by molar-refractivity contribution is -0.132. The van der Waals surface area contributed by atoms with Crippen LogP contribution in [0.25, 0.3) is 0 Å². The fourth-order valence-electron chi connectivity index (χ4n) is 2.64. The van der Waals surface area contributed by atoms with Crippen LogP contribution in [0.1, 0.15) is 33.6 Å². The topological polar surface area (TPSA) is 96.0 Å². The largest absolute Gasteiger partial charge is 0.444 e. The number of nitrogens with one attached hydrogen (secondary N) is 1. The van der Waals surface area contributed by atoms with E-state index in [0.717, 1.165) is 3.79 Å². The highest BCUT2D eigenvalue weighted by molar-refractivity contribution is 9.11. The van der Waals surface area contributed by atoms with Crippen molar-refractivity contribution in [3.05, 3.63) is 15.9 Å². The second-order valence-electron chi connectivity index (χ2n) is 7.38. The number of carbonyl (C=O) groups is 2. The summed E-state index contributed by atoms with van der Waals surface area (Å²) >= 11 is 4.46. The molecule has 11 heteroatoms. The molecule has 2 heterocycles. The van der Waals surface area contributed by atoms with Crippen molar-refractivity contribution in [2.24, 2.45) is 0 Å². The summed E-state index contributed by atoms with van der Waals surface area (Å²) in [6.07, 6.45) is 0.291. The van der Waals surface area contributed by atoms with Gasteiger partial charge in [-0.2, -0.15) is 4.31 Å². The summed E-state index contributed by atoms with van der Waals surface area (Å²) in [5.74, 6) is -0.0399. The molecule has 1 aromatic rings. The van der Waals surface area contributed by atoms with E-state index in [4.69, 9.17) is 4.74 Å². The number of thiophene rings is 1. The number of halogens is 1. The molecule has 1 aromatic heterocycles. The number of rotatable bonds is 6. The van der Waals surface area contributed by atoms with E-state index in [2.05, 4.69) is 21.2 Å². The number of hydrogen-bond acceptors (Lipinski definition) is 6. The van der Waals surface area contributed by atoms with Gasteiger partial charge in [0.2, 0.25) is 5.91 Å². The number of ether oxygens (including phenoxy) is 1. The van der Waals surface area contributed by atoms with E-state index in [1.807, 2.05) is 0 Å². The first-order chi connectivity index (χ1) is 13.0. The lowest BCUT2D eigenvalue weighted by Gasteiger charge is -2.33. The van der Waals surface area contributed by atoms with Crippen molar-refractivity contribution in [1.29, 1.82) is 0 Å². The molecule has 1 saturated heterocycles. The van der Waals surface area contributed by atoms with Crippen LogP contribution >= 0.6 is 27.3 Å². The monoisotopic (exact) mass is 495 g/mol. The molecule has 0 radical (unpaired) electrons. The van der Waals surface area contributed by atoms with Crippen molar-refractivity contribution in [2.75, 3.05) is 32.7 Å². The van der Waals surface area contributed by atoms with Crippen molar-refractivity contribution in [1.82, 2.24) is 14.5 Å². The predicted molar refractivity (Wildman–Crippen MR) is 111 cm³/mol. The van der Waals surface area contributed by atoms with Gasteiger partial charge in [0.1, 0.15) is 9.81 Å². The van der Waals surface area contributed by atoms with E-state index in [0.29, 0.717) is 36.7 Å². The third kappa shape index (κ3) is 6.71. The highest BCUT2D eigenvalue weighted by Gasteiger charge is 2.30. The number of hydrogen-bond donors (Lipinski definition) is 1. The molecular formula is C17H26BrN3O5S2. The number of sulfonamides is 1. The van der Waals surface area contributed by atoms with Gasteiger partial charge in [-0.15, -0.1) is 11.3 Å². The van der Waals surface area contributed by atoms with Crippen LogP contribution in [-0.4, -0.2) is 67.9 Å². The van der Waals surface area contributed by atoms with E-state index in [9.17, 15) is 18.0 Å².